The molecule has 0 bridgehead atoms. The van der Waals surface area contributed by atoms with E-state index in [1.807, 2.05) is 0 Å². The van der Waals surface area contributed by atoms with Gasteiger partial charge in [0.1, 0.15) is 5.75 Å². The number of hydrogen-bond acceptors (Lipinski definition) is 3. The molecule has 2 heterocycles. The van der Waals surface area contributed by atoms with Gasteiger partial charge in [0.2, 0.25) is 0 Å². The molecule has 1 saturated heterocycles. The van der Waals surface area contributed by atoms with E-state index in [1.54, 1.807) is 12.3 Å². The molecule has 0 aliphatic carbocycles. The molecule has 0 unspecified atom stereocenters. The van der Waals surface area contributed by atoms with Crippen molar-refractivity contribution in [2.45, 2.75) is 5.67 Å². The van der Waals surface area contributed by atoms with Crippen LogP contribution in [0.2, 0.25) is 0 Å². The number of pyridine rings is 1. The third kappa shape index (κ3) is 1.27. The van der Waals surface area contributed by atoms with E-state index >= 15 is 0 Å². The number of alkyl halides is 1. The Balaban J connectivity index is 2.38. The summed E-state index contributed by atoms with van der Waals surface area (Å²) in [5, 5.41) is 2.89. The van der Waals surface area contributed by atoms with E-state index in [0.717, 1.165) is 0 Å². The Hall–Kier alpha value is -1.16. The zero-order valence-corrected chi connectivity index (χ0v) is 7.38. The van der Waals surface area contributed by atoms with Gasteiger partial charge in [-0.2, -0.15) is 0 Å². The van der Waals surface area contributed by atoms with Crippen molar-refractivity contribution < 1.29 is 9.13 Å². The second kappa shape index (κ2) is 2.96. The number of ether oxygens (including phenoxy) is 1. The highest BCUT2D eigenvalue weighted by Gasteiger charge is 2.41. The van der Waals surface area contributed by atoms with Gasteiger partial charge in [0.05, 0.1) is 12.7 Å². The third-order valence-corrected chi connectivity index (χ3v) is 2.29. The Morgan fingerprint density at radius 2 is 2.38 bits per heavy atom. The molecule has 0 amide bonds. The highest BCUT2D eigenvalue weighted by atomic mass is 19.1. The number of rotatable bonds is 2. The predicted molar refractivity (Wildman–Crippen MR) is 46.4 cm³/mol. The molecule has 3 nitrogen and oxygen atoms in total. The van der Waals surface area contributed by atoms with Gasteiger partial charge in [-0.05, 0) is 6.07 Å². The molecule has 0 aromatic carbocycles. The summed E-state index contributed by atoms with van der Waals surface area (Å²) in [6.07, 6.45) is 3.12. The lowest BCUT2D eigenvalue weighted by molar-refractivity contribution is 0.0854. The lowest BCUT2D eigenvalue weighted by Gasteiger charge is -2.35. The molecule has 2 rings (SSSR count). The quantitative estimate of drug-likeness (QED) is 0.736. The van der Waals surface area contributed by atoms with Crippen LogP contribution in [0.15, 0.2) is 18.5 Å². The molecular formula is C9H11FN2O. The summed E-state index contributed by atoms with van der Waals surface area (Å²) < 4.78 is 19.0. The van der Waals surface area contributed by atoms with Gasteiger partial charge in [-0.15, -0.1) is 0 Å². The van der Waals surface area contributed by atoms with Gasteiger partial charge in [0.25, 0.3) is 0 Å². The summed E-state index contributed by atoms with van der Waals surface area (Å²) in [6.45, 7) is 0.685. The second-order valence-corrected chi connectivity index (χ2v) is 3.14. The molecule has 1 aliphatic rings. The monoisotopic (exact) mass is 182 g/mol. The Kier molecular flexibility index (Phi) is 1.92. The standard InChI is InChI=1S/C9H11FN2O/c1-13-8-2-3-11-4-7(8)9(10)5-12-6-9/h2-4,12H,5-6H2,1H3. The van der Waals surface area contributed by atoms with Crippen molar-refractivity contribution in [1.29, 1.82) is 0 Å². The van der Waals surface area contributed by atoms with Crippen molar-refractivity contribution in [3.05, 3.63) is 24.0 Å². The summed E-state index contributed by atoms with van der Waals surface area (Å²) in [7, 11) is 1.54. The Morgan fingerprint density at radius 1 is 1.62 bits per heavy atom. The van der Waals surface area contributed by atoms with Crippen molar-refractivity contribution in [3.63, 3.8) is 0 Å². The average molecular weight is 182 g/mol. The summed E-state index contributed by atoms with van der Waals surface area (Å²) in [5.41, 5.74) is -0.754. The maximum Gasteiger partial charge on any atom is 0.165 e. The minimum absolute atomic E-state index is 0.342. The first kappa shape index (κ1) is 8.44. The van der Waals surface area contributed by atoms with Gasteiger partial charge >= 0.3 is 0 Å². The second-order valence-electron chi connectivity index (χ2n) is 3.14. The Labute approximate surface area is 75.9 Å². The van der Waals surface area contributed by atoms with Crippen LogP contribution in [0, 0.1) is 0 Å². The minimum Gasteiger partial charge on any atom is -0.496 e. The van der Waals surface area contributed by atoms with Gasteiger partial charge in [0, 0.05) is 25.5 Å². The van der Waals surface area contributed by atoms with Crippen molar-refractivity contribution in [2.75, 3.05) is 20.2 Å². The third-order valence-electron chi connectivity index (χ3n) is 2.29. The summed E-state index contributed by atoms with van der Waals surface area (Å²) >= 11 is 0. The fourth-order valence-electron chi connectivity index (χ4n) is 1.43. The maximum absolute atomic E-state index is 13.9. The first-order chi connectivity index (χ1) is 6.26. The Bertz CT molecular complexity index is 312. The number of halogens is 1. The molecule has 1 aromatic rings. The summed E-state index contributed by atoms with van der Waals surface area (Å²) in [5.74, 6) is 0.569. The smallest absolute Gasteiger partial charge is 0.165 e. The van der Waals surface area contributed by atoms with Crippen LogP contribution in [0.3, 0.4) is 0 Å². The SMILES string of the molecule is COc1ccncc1C1(F)CNC1. The molecule has 70 valence electrons. The van der Waals surface area contributed by atoms with Crippen LogP contribution >= 0.6 is 0 Å². The van der Waals surface area contributed by atoms with Crippen molar-refractivity contribution in [3.8, 4) is 5.75 Å². The molecule has 0 saturated carbocycles. The normalized spacial score (nSPS) is 19.2. The van der Waals surface area contributed by atoms with Crippen LogP contribution in [-0.2, 0) is 5.67 Å². The van der Waals surface area contributed by atoms with E-state index in [4.69, 9.17) is 4.74 Å². The number of nitrogens with zero attached hydrogens (tertiary/aromatic N) is 1. The fraction of sp³-hybridized carbons (Fsp3) is 0.444. The zero-order valence-electron chi connectivity index (χ0n) is 7.38. The van der Waals surface area contributed by atoms with Gasteiger partial charge in [-0.1, -0.05) is 0 Å². The first-order valence-corrected chi connectivity index (χ1v) is 4.14. The van der Waals surface area contributed by atoms with E-state index < -0.39 is 5.67 Å². The molecule has 0 atom stereocenters. The van der Waals surface area contributed by atoms with E-state index in [2.05, 4.69) is 10.3 Å². The van der Waals surface area contributed by atoms with Crippen LogP contribution in [0.25, 0.3) is 0 Å². The molecule has 4 heteroatoms. The van der Waals surface area contributed by atoms with E-state index in [9.17, 15) is 4.39 Å². The van der Waals surface area contributed by atoms with Gasteiger partial charge in [-0.3, -0.25) is 4.98 Å². The summed E-state index contributed by atoms with van der Waals surface area (Å²) in [6, 6.07) is 1.68. The topological polar surface area (TPSA) is 34.1 Å². The fourth-order valence-corrected chi connectivity index (χ4v) is 1.43. The minimum atomic E-state index is -1.29. The van der Waals surface area contributed by atoms with Gasteiger partial charge < -0.3 is 10.1 Å². The maximum atomic E-state index is 13.9. The van der Waals surface area contributed by atoms with Crippen molar-refractivity contribution in [1.82, 2.24) is 10.3 Å². The molecule has 0 spiro atoms. The number of hydrogen-bond donors (Lipinski definition) is 1. The molecule has 1 aromatic heterocycles. The zero-order chi connectivity index (χ0) is 9.31. The van der Waals surface area contributed by atoms with Crippen LogP contribution in [0.1, 0.15) is 5.56 Å². The predicted octanol–water partition coefficient (Wildman–Crippen LogP) is 0.858. The lowest BCUT2D eigenvalue weighted by Crippen LogP contribution is -2.53. The first-order valence-electron chi connectivity index (χ1n) is 4.14. The molecule has 13 heavy (non-hydrogen) atoms. The summed E-state index contributed by atoms with van der Waals surface area (Å²) in [4.78, 5) is 3.89. The molecular weight excluding hydrogens is 171 g/mol. The van der Waals surface area contributed by atoms with Crippen LogP contribution < -0.4 is 10.1 Å². The highest BCUT2D eigenvalue weighted by molar-refractivity contribution is 5.37. The largest absolute Gasteiger partial charge is 0.496 e. The molecule has 0 radical (unpaired) electrons. The van der Waals surface area contributed by atoms with E-state index in [-0.39, 0.29) is 0 Å². The van der Waals surface area contributed by atoms with Gasteiger partial charge in [-0.25, -0.2) is 4.39 Å². The van der Waals surface area contributed by atoms with Crippen molar-refractivity contribution in [2.24, 2.45) is 0 Å². The van der Waals surface area contributed by atoms with Crippen LogP contribution in [-0.4, -0.2) is 25.2 Å². The number of methoxy groups -OCH3 is 1. The van der Waals surface area contributed by atoms with Gasteiger partial charge in [0.15, 0.2) is 5.67 Å². The molecule has 1 aliphatic heterocycles. The van der Waals surface area contributed by atoms with E-state index in [1.165, 1.54) is 13.3 Å². The number of nitrogens with one attached hydrogen (secondary N) is 1. The highest BCUT2D eigenvalue weighted by Crippen LogP contribution is 2.35. The van der Waals surface area contributed by atoms with Crippen LogP contribution in [0.5, 0.6) is 5.75 Å². The van der Waals surface area contributed by atoms with Crippen molar-refractivity contribution >= 4 is 0 Å². The molecule has 1 fully saturated rings. The number of aromatic nitrogens is 1. The lowest BCUT2D eigenvalue weighted by atomic mass is 9.91. The molecule has 1 N–H and O–H groups in total. The van der Waals surface area contributed by atoms with Crippen LogP contribution in [0.4, 0.5) is 4.39 Å². The average Bonchev–Trinajstić information content (AvgIpc) is 2.14. The van der Waals surface area contributed by atoms with E-state index in [0.29, 0.717) is 24.4 Å². The Morgan fingerprint density at radius 3 is 2.92 bits per heavy atom.